The van der Waals surface area contributed by atoms with Gasteiger partial charge in [0.25, 0.3) is 0 Å². The molecule has 2 N–H and O–H groups in total. The van der Waals surface area contributed by atoms with Crippen molar-refractivity contribution in [2.45, 2.75) is 24.5 Å². The zero-order valence-electron chi connectivity index (χ0n) is 10.5. The first-order valence-corrected chi connectivity index (χ1v) is 7.35. The molecule has 0 spiro atoms. The van der Waals surface area contributed by atoms with Crippen LogP contribution in [0.2, 0.25) is 5.15 Å². The highest BCUT2D eigenvalue weighted by molar-refractivity contribution is 7.99. The van der Waals surface area contributed by atoms with E-state index in [0.717, 1.165) is 0 Å². The first-order valence-electron chi connectivity index (χ1n) is 5.92. The Bertz CT molecular complexity index is 723. The van der Waals surface area contributed by atoms with Gasteiger partial charge in [0.05, 0.1) is 12.4 Å². The Balaban J connectivity index is 2.14. The lowest BCUT2D eigenvalue weighted by atomic mass is 10.2. The van der Waals surface area contributed by atoms with Gasteiger partial charge in [-0.2, -0.15) is 0 Å². The largest absolute Gasteiger partial charge is 0.389 e. The number of imidazole rings is 1. The second kappa shape index (κ2) is 5.22. The molecule has 1 saturated heterocycles. The van der Waals surface area contributed by atoms with Crippen molar-refractivity contribution in [1.82, 2.24) is 19.5 Å². The van der Waals surface area contributed by atoms with Crippen LogP contribution < -0.4 is 0 Å². The number of rotatable bonds is 1. The molecule has 1 fully saturated rings. The molecule has 3 atom stereocenters. The van der Waals surface area contributed by atoms with E-state index in [0.29, 0.717) is 22.7 Å². The van der Waals surface area contributed by atoms with Gasteiger partial charge in [0.1, 0.15) is 17.0 Å². The number of halogens is 1. The first kappa shape index (κ1) is 13.6. The van der Waals surface area contributed by atoms with Crippen LogP contribution >= 0.6 is 23.4 Å². The van der Waals surface area contributed by atoms with Gasteiger partial charge in [-0.15, -0.1) is 11.8 Å². The summed E-state index contributed by atoms with van der Waals surface area (Å²) in [6, 6.07) is 0. The number of thioether (sulfide) groups is 1. The molecule has 20 heavy (non-hydrogen) atoms. The molecule has 6 nitrogen and oxygen atoms in total. The van der Waals surface area contributed by atoms with Gasteiger partial charge in [0.2, 0.25) is 5.82 Å². The van der Waals surface area contributed by atoms with Crippen molar-refractivity contribution in [1.29, 1.82) is 0 Å². The summed E-state index contributed by atoms with van der Waals surface area (Å²) in [6.07, 6.45) is -0.0747. The Kier molecular flexibility index (Phi) is 3.56. The van der Waals surface area contributed by atoms with E-state index < -0.39 is 12.2 Å². The van der Waals surface area contributed by atoms with Gasteiger partial charge in [0.15, 0.2) is 10.8 Å². The minimum Gasteiger partial charge on any atom is -0.389 e. The molecule has 2 aromatic rings. The Hall–Kier alpha value is -1.33. The third-order valence-electron chi connectivity index (χ3n) is 3.01. The van der Waals surface area contributed by atoms with Crippen LogP contribution in [0.4, 0.5) is 0 Å². The maximum Gasteiger partial charge on any atom is 0.208 e. The minimum atomic E-state index is -0.869. The van der Waals surface area contributed by atoms with E-state index in [1.165, 1.54) is 11.8 Å². The summed E-state index contributed by atoms with van der Waals surface area (Å²) in [5.74, 6) is 6.24. The van der Waals surface area contributed by atoms with Crippen molar-refractivity contribution in [3.05, 3.63) is 17.3 Å². The summed E-state index contributed by atoms with van der Waals surface area (Å²) in [7, 11) is 0. The fourth-order valence-electron chi connectivity index (χ4n) is 2.07. The van der Waals surface area contributed by atoms with E-state index in [9.17, 15) is 10.2 Å². The summed E-state index contributed by atoms with van der Waals surface area (Å²) < 4.78 is 1.70. The van der Waals surface area contributed by atoms with Crippen molar-refractivity contribution < 1.29 is 10.2 Å². The van der Waals surface area contributed by atoms with E-state index in [2.05, 4.69) is 26.8 Å². The van der Waals surface area contributed by atoms with Gasteiger partial charge in [-0.25, -0.2) is 15.0 Å². The van der Waals surface area contributed by atoms with Crippen LogP contribution in [0.5, 0.6) is 0 Å². The molecule has 0 radical (unpaired) electrons. The molecule has 0 amide bonds. The van der Waals surface area contributed by atoms with Crippen molar-refractivity contribution in [2.75, 3.05) is 5.75 Å². The SMILES string of the molecule is CC#Cc1nc(Cl)c2ncn([C@@H]3SC[C@@H](O)[C@H]3O)c2n1. The van der Waals surface area contributed by atoms with Crippen LogP contribution in [0.1, 0.15) is 18.1 Å². The molecule has 0 aromatic carbocycles. The molecule has 3 rings (SSSR count). The Labute approximate surface area is 124 Å². The van der Waals surface area contributed by atoms with Crippen LogP contribution in [-0.4, -0.2) is 47.7 Å². The second-order valence-electron chi connectivity index (χ2n) is 4.32. The summed E-state index contributed by atoms with van der Waals surface area (Å²) in [5.41, 5.74) is 0.968. The minimum absolute atomic E-state index is 0.226. The fourth-order valence-corrected chi connectivity index (χ4v) is 3.56. The highest BCUT2D eigenvalue weighted by Crippen LogP contribution is 2.38. The van der Waals surface area contributed by atoms with Crippen molar-refractivity contribution >= 4 is 34.5 Å². The topological polar surface area (TPSA) is 84.1 Å². The molecular weight excluding hydrogens is 300 g/mol. The summed E-state index contributed by atoms with van der Waals surface area (Å²) in [5, 5.41) is 19.5. The zero-order valence-corrected chi connectivity index (χ0v) is 12.1. The van der Waals surface area contributed by atoms with Crippen LogP contribution in [-0.2, 0) is 0 Å². The third kappa shape index (κ3) is 2.15. The van der Waals surface area contributed by atoms with E-state index in [1.807, 2.05) is 0 Å². The Morgan fingerprint density at radius 1 is 1.45 bits per heavy atom. The number of aliphatic hydroxyl groups is 2. The fraction of sp³-hybridized carbons (Fsp3) is 0.417. The molecule has 8 heteroatoms. The van der Waals surface area contributed by atoms with Gasteiger partial charge < -0.3 is 10.2 Å². The van der Waals surface area contributed by atoms with Crippen LogP contribution in [0.15, 0.2) is 6.33 Å². The van der Waals surface area contributed by atoms with Crippen LogP contribution in [0, 0.1) is 11.8 Å². The summed E-state index contributed by atoms with van der Waals surface area (Å²) in [6.45, 7) is 1.69. The normalized spacial score (nSPS) is 25.7. The second-order valence-corrected chi connectivity index (χ2v) is 5.83. The maximum absolute atomic E-state index is 10.0. The molecule has 3 heterocycles. The predicted molar refractivity (Wildman–Crippen MR) is 76.4 cm³/mol. The first-order chi connectivity index (χ1) is 9.61. The van der Waals surface area contributed by atoms with E-state index in [1.54, 1.807) is 17.8 Å². The average molecular weight is 311 g/mol. The quantitative estimate of drug-likeness (QED) is 0.599. The maximum atomic E-state index is 10.0. The lowest BCUT2D eigenvalue weighted by molar-refractivity contribution is 0.0313. The standard InChI is InChI=1S/C12H11ClN4O2S/c1-2-3-7-15-10(13)8-11(16-7)17(5-14-8)12-9(19)6(18)4-20-12/h5-6,9,12,18-19H,4H2,1H3/t6-,9-,12-/m1/s1. The van der Waals surface area contributed by atoms with E-state index in [4.69, 9.17) is 11.6 Å². The predicted octanol–water partition coefficient (Wildman–Crippen LogP) is 0.818. The van der Waals surface area contributed by atoms with Gasteiger partial charge >= 0.3 is 0 Å². The summed E-state index contributed by atoms with van der Waals surface area (Å²) in [4.78, 5) is 12.5. The summed E-state index contributed by atoms with van der Waals surface area (Å²) >= 11 is 7.51. The lowest BCUT2D eigenvalue weighted by Gasteiger charge is -2.17. The van der Waals surface area contributed by atoms with Crippen molar-refractivity contribution in [2.24, 2.45) is 0 Å². The van der Waals surface area contributed by atoms with Crippen LogP contribution in [0.25, 0.3) is 11.2 Å². The molecule has 2 aromatic heterocycles. The number of aromatic nitrogens is 4. The molecule has 104 valence electrons. The molecule has 0 bridgehead atoms. The van der Waals surface area contributed by atoms with Crippen molar-refractivity contribution in [3.8, 4) is 11.8 Å². The van der Waals surface area contributed by atoms with Gasteiger partial charge in [-0.3, -0.25) is 4.57 Å². The third-order valence-corrected chi connectivity index (χ3v) is 4.66. The average Bonchev–Trinajstić information content (AvgIpc) is 2.96. The van der Waals surface area contributed by atoms with E-state index >= 15 is 0 Å². The van der Waals surface area contributed by atoms with E-state index in [-0.39, 0.29) is 10.5 Å². The molecule has 0 aliphatic carbocycles. The number of fused-ring (bicyclic) bond motifs is 1. The number of hydrogen-bond acceptors (Lipinski definition) is 6. The molecule has 0 unspecified atom stereocenters. The zero-order chi connectivity index (χ0) is 14.3. The van der Waals surface area contributed by atoms with Crippen LogP contribution in [0.3, 0.4) is 0 Å². The van der Waals surface area contributed by atoms with Crippen molar-refractivity contribution in [3.63, 3.8) is 0 Å². The van der Waals surface area contributed by atoms with Gasteiger partial charge in [-0.1, -0.05) is 17.5 Å². The molecule has 1 aliphatic heterocycles. The molecule has 1 aliphatic rings. The Morgan fingerprint density at radius 3 is 2.90 bits per heavy atom. The number of aliphatic hydroxyl groups excluding tert-OH is 2. The highest BCUT2D eigenvalue weighted by Gasteiger charge is 2.36. The number of hydrogen-bond donors (Lipinski definition) is 2. The monoisotopic (exact) mass is 310 g/mol. The Morgan fingerprint density at radius 2 is 2.25 bits per heavy atom. The van der Waals surface area contributed by atoms with Gasteiger partial charge in [-0.05, 0) is 12.8 Å². The highest BCUT2D eigenvalue weighted by atomic mass is 35.5. The van der Waals surface area contributed by atoms with Gasteiger partial charge in [0, 0.05) is 5.75 Å². The smallest absolute Gasteiger partial charge is 0.208 e. The number of nitrogens with zero attached hydrogens (tertiary/aromatic N) is 4. The molecule has 0 saturated carbocycles. The lowest BCUT2D eigenvalue weighted by Crippen LogP contribution is -2.27. The molecular formula is C12H11ClN4O2S.